The van der Waals surface area contributed by atoms with Crippen LogP contribution in [0.25, 0.3) is 0 Å². The van der Waals surface area contributed by atoms with Crippen molar-refractivity contribution in [3.8, 4) is 5.75 Å². The first-order valence-corrected chi connectivity index (χ1v) is 3.11. The monoisotopic (exact) mass is 177 g/mol. The SMILES string of the molecule is COc1cc[n+](C(F)F)[nH]c1=O. The van der Waals surface area contributed by atoms with E-state index < -0.39 is 12.1 Å². The first kappa shape index (κ1) is 8.63. The second-order valence-corrected chi connectivity index (χ2v) is 2.01. The second kappa shape index (κ2) is 3.29. The molecule has 66 valence electrons. The Labute approximate surface area is 66.4 Å². The van der Waals surface area contributed by atoms with Gasteiger partial charge in [0, 0.05) is 0 Å². The van der Waals surface area contributed by atoms with Gasteiger partial charge in [0.05, 0.1) is 13.2 Å². The van der Waals surface area contributed by atoms with Gasteiger partial charge in [-0.25, -0.2) is 0 Å². The molecule has 0 saturated carbocycles. The number of aromatic nitrogens is 2. The van der Waals surface area contributed by atoms with E-state index in [4.69, 9.17) is 0 Å². The summed E-state index contributed by atoms with van der Waals surface area (Å²) in [5.41, 5.74) is -0.680. The van der Waals surface area contributed by atoms with Crippen molar-refractivity contribution in [2.45, 2.75) is 6.55 Å². The minimum atomic E-state index is -2.75. The van der Waals surface area contributed by atoms with E-state index in [2.05, 4.69) is 4.74 Å². The molecular formula is C6H7F2N2O2+. The molecule has 1 aromatic rings. The molecule has 1 aromatic heterocycles. The van der Waals surface area contributed by atoms with Crippen LogP contribution in [0.5, 0.6) is 5.75 Å². The van der Waals surface area contributed by atoms with Crippen molar-refractivity contribution in [2.24, 2.45) is 0 Å². The van der Waals surface area contributed by atoms with Gasteiger partial charge in [-0.3, -0.25) is 4.79 Å². The lowest BCUT2D eigenvalue weighted by molar-refractivity contribution is -0.823. The first-order chi connectivity index (χ1) is 5.65. The standard InChI is InChI=1S/C6H6F2N2O2/c1-12-4-2-3-10(6(7)8)9-5(4)11/h2-3,6H,1H3/p+1. The van der Waals surface area contributed by atoms with Gasteiger partial charge in [0.2, 0.25) is 6.20 Å². The number of rotatable bonds is 2. The molecule has 0 atom stereocenters. The third-order valence-electron chi connectivity index (χ3n) is 1.27. The number of nitrogens with one attached hydrogen (secondary N) is 1. The number of methoxy groups -OCH3 is 1. The minimum absolute atomic E-state index is 0.00639. The second-order valence-electron chi connectivity index (χ2n) is 2.01. The van der Waals surface area contributed by atoms with E-state index in [0.29, 0.717) is 4.68 Å². The molecule has 0 bridgehead atoms. The Morgan fingerprint density at radius 3 is 2.75 bits per heavy atom. The van der Waals surface area contributed by atoms with Crippen LogP contribution in [0.3, 0.4) is 0 Å². The van der Waals surface area contributed by atoms with Gasteiger partial charge < -0.3 is 4.74 Å². The van der Waals surface area contributed by atoms with Crippen LogP contribution in [0.2, 0.25) is 0 Å². The molecular weight excluding hydrogens is 170 g/mol. The summed E-state index contributed by atoms with van der Waals surface area (Å²) in [5.74, 6) is 0.00639. The molecule has 1 heterocycles. The molecule has 0 spiro atoms. The third-order valence-corrected chi connectivity index (χ3v) is 1.27. The highest BCUT2D eigenvalue weighted by Gasteiger charge is 2.16. The zero-order valence-electron chi connectivity index (χ0n) is 6.25. The van der Waals surface area contributed by atoms with Crippen LogP contribution < -0.4 is 15.0 Å². The lowest BCUT2D eigenvalue weighted by Gasteiger charge is -1.95. The zero-order chi connectivity index (χ0) is 9.14. The molecule has 0 aliphatic heterocycles. The zero-order valence-corrected chi connectivity index (χ0v) is 6.25. The molecule has 0 aromatic carbocycles. The van der Waals surface area contributed by atoms with Gasteiger partial charge in [-0.15, -0.1) is 13.9 Å². The van der Waals surface area contributed by atoms with Gasteiger partial charge in [-0.1, -0.05) is 0 Å². The van der Waals surface area contributed by atoms with Crippen molar-refractivity contribution >= 4 is 0 Å². The van der Waals surface area contributed by atoms with E-state index in [1.54, 1.807) is 0 Å². The fraction of sp³-hybridized carbons (Fsp3) is 0.333. The van der Waals surface area contributed by atoms with Crippen LogP contribution >= 0.6 is 0 Å². The number of alkyl halides is 2. The predicted octanol–water partition coefficient (Wildman–Crippen LogP) is 0.0661. The number of hydrogen-bond donors (Lipinski definition) is 1. The van der Waals surface area contributed by atoms with Crippen molar-refractivity contribution < 1.29 is 18.2 Å². The summed E-state index contributed by atoms with van der Waals surface area (Å²) in [5, 5.41) is 1.91. The smallest absolute Gasteiger partial charge is 0.472 e. The van der Waals surface area contributed by atoms with Crippen molar-refractivity contribution in [2.75, 3.05) is 7.11 Å². The lowest BCUT2D eigenvalue weighted by atomic mass is 10.5. The highest BCUT2D eigenvalue weighted by Crippen LogP contribution is 1.99. The van der Waals surface area contributed by atoms with Crippen molar-refractivity contribution in [3.05, 3.63) is 22.6 Å². The highest BCUT2D eigenvalue weighted by molar-refractivity contribution is 5.11. The summed E-state index contributed by atoms with van der Waals surface area (Å²) in [7, 11) is 1.29. The van der Waals surface area contributed by atoms with Gasteiger partial charge >= 0.3 is 12.1 Å². The topological polar surface area (TPSA) is 46.0 Å². The lowest BCUT2D eigenvalue weighted by Crippen LogP contribution is -2.43. The molecule has 0 aliphatic rings. The van der Waals surface area contributed by atoms with Gasteiger partial charge in [-0.2, -0.15) is 0 Å². The molecule has 0 fully saturated rings. The summed E-state index contributed by atoms with van der Waals surface area (Å²) in [4.78, 5) is 10.8. The predicted molar refractivity (Wildman–Crippen MR) is 35.1 cm³/mol. The number of hydrogen-bond acceptors (Lipinski definition) is 2. The summed E-state index contributed by atoms with van der Waals surface area (Å²) >= 11 is 0. The number of H-pyrrole nitrogens is 1. The maximum Gasteiger partial charge on any atom is 0.472 e. The maximum absolute atomic E-state index is 11.9. The number of halogens is 2. The van der Waals surface area contributed by atoms with Gasteiger partial charge in [0.15, 0.2) is 5.75 Å². The molecule has 0 aliphatic carbocycles. The molecule has 0 saturated heterocycles. The average Bonchev–Trinajstić information content (AvgIpc) is 2.04. The maximum atomic E-state index is 11.9. The van der Waals surface area contributed by atoms with Gasteiger partial charge in [-0.05, 0) is 4.68 Å². The molecule has 6 heteroatoms. The van der Waals surface area contributed by atoms with E-state index in [1.165, 1.54) is 13.2 Å². The molecule has 12 heavy (non-hydrogen) atoms. The van der Waals surface area contributed by atoms with Crippen LogP contribution in [0.15, 0.2) is 17.1 Å². The quantitative estimate of drug-likeness (QED) is 0.649. The van der Waals surface area contributed by atoms with Crippen molar-refractivity contribution in [3.63, 3.8) is 0 Å². The normalized spacial score (nSPS) is 10.3. The van der Waals surface area contributed by atoms with E-state index in [9.17, 15) is 13.6 Å². The van der Waals surface area contributed by atoms with E-state index in [0.717, 1.165) is 6.20 Å². The van der Waals surface area contributed by atoms with Gasteiger partial charge in [0.1, 0.15) is 0 Å². The molecule has 1 rings (SSSR count). The fourth-order valence-corrected chi connectivity index (χ4v) is 0.708. The molecule has 1 N–H and O–H groups in total. The Morgan fingerprint density at radius 2 is 2.33 bits per heavy atom. The van der Waals surface area contributed by atoms with Crippen molar-refractivity contribution in [1.82, 2.24) is 5.10 Å². The van der Waals surface area contributed by atoms with Crippen LogP contribution in [0.1, 0.15) is 6.55 Å². The largest absolute Gasteiger partial charge is 0.491 e. The van der Waals surface area contributed by atoms with Crippen LogP contribution in [0.4, 0.5) is 8.78 Å². The number of aromatic amines is 1. The van der Waals surface area contributed by atoms with Crippen LogP contribution in [-0.2, 0) is 0 Å². The Bertz CT molecular complexity index is 324. The van der Waals surface area contributed by atoms with E-state index in [-0.39, 0.29) is 5.75 Å². The number of ether oxygens (including phenoxy) is 1. The average molecular weight is 177 g/mol. The van der Waals surface area contributed by atoms with E-state index >= 15 is 0 Å². The minimum Gasteiger partial charge on any atom is -0.491 e. The molecule has 0 unspecified atom stereocenters. The van der Waals surface area contributed by atoms with Crippen LogP contribution in [-0.4, -0.2) is 12.2 Å². The Morgan fingerprint density at radius 1 is 1.67 bits per heavy atom. The summed E-state index contributed by atoms with van der Waals surface area (Å²) in [6.45, 7) is -2.75. The Balaban J connectivity index is 3.11. The highest BCUT2D eigenvalue weighted by atomic mass is 19.3. The first-order valence-electron chi connectivity index (χ1n) is 3.11. The summed E-state index contributed by atoms with van der Waals surface area (Å²) in [6, 6.07) is 1.17. The summed E-state index contributed by atoms with van der Waals surface area (Å²) < 4.78 is 28.8. The van der Waals surface area contributed by atoms with Gasteiger partial charge in [0.25, 0.3) is 0 Å². The molecule has 0 amide bonds. The summed E-state index contributed by atoms with van der Waals surface area (Å²) in [6.07, 6.45) is 1.03. The fourth-order valence-electron chi connectivity index (χ4n) is 0.708. The third kappa shape index (κ3) is 1.58. The Hall–Kier alpha value is -1.46. The van der Waals surface area contributed by atoms with E-state index in [1.807, 2.05) is 5.10 Å². The van der Waals surface area contributed by atoms with Crippen LogP contribution in [0, 0.1) is 0 Å². The molecule has 4 nitrogen and oxygen atoms in total. The Kier molecular flexibility index (Phi) is 2.37. The molecule has 0 radical (unpaired) electrons. The number of nitrogens with zero attached hydrogens (tertiary/aromatic N) is 1. The van der Waals surface area contributed by atoms with Crippen molar-refractivity contribution in [1.29, 1.82) is 0 Å².